The molecule has 1 aliphatic rings. The van der Waals surface area contributed by atoms with Crippen molar-refractivity contribution in [3.63, 3.8) is 0 Å². The smallest absolute Gasteiger partial charge is 0.295 e. The quantitative estimate of drug-likeness (QED) is 0.133. The molecule has 0 bridgehead atoms. The van der Waals surface area contributed by atoms with E-state index in [-0.39, 0.29) is 17.9 Å². The van der Waals surface area contributed by atoms with Gasteiger partial charge < -0.3 is 29.0 Å². The monoisotopic (exact) mass is 585 g/mol. The van der Waals surface area contributed by atoms with Crippen LogP contribution in [-0.4, -0.2) is 43.0 Å². The number of aliphatic hydroxyl groups is 1. The number of amides is 1. The highest BCUT2D eigenvalue weighted by Gasteiger charge is 2.46. The number of ether oxygens (including phenoxy) is 4. The fourth-order valence-electron chi connectivity index (χ4n) is 5.07. The number of aliphatic hydroxyl groups excluding tert-OH is 1. The van der Waals surface area contributed by atoms with Crippen LogP contribution >= 0.6 is 11.3 Å². The van der Waals surface area contributed by atoms with E-state index in [2.05, 4.69) is 0 Å². The van der Waals surface area contributed by atoms with Gasteiger partial charge in [-0.25, -0.2) is 0 Å². The van der Waals surface area contributed by atoms with Crippen molar-refractivity contribution in [3.05, 3.63) is 111 Å². The van der Waals surface area contributed by atoms with E-state index in [9.17, 15) is 14.7 Å². The third kappa shape index (κ3) is 5.56. The number of carbonyl (C=O) groups is 2. The fraction of sp³-hybridized carbons (Fsp3) is 0.212. The Hall–Kier alpha value is -4.76. The first kappa shape index (κ1) is 28.8. The van der Waals surface area contributed by atoms with Crippen LogP contribution in [0.4, 0.5) is 0 Å². The van der Waals surface area contributed by atoms with Crippen LogP contribution in [0.5, 0.6) is 23.0 Å². The van der Waals surface area contributed by atoms with E-state index in [1.165, 1.54) is 37.6 Å². The Kier molecular flexibility index (Phi) is 8.49. The maximum absolute atomic E-state index is 13.6. The Morgan fingerprint density at radius 1 is 0.881 bits per heavy atom. The summed E-state index contributed by atoms with van der Waals surface area (Å²) in [5, 5.41) is 13.5. The number of nitrogens with zero attached hydrogens (tertiary/aromatic N) is 1. The zero-order valence-corrected chi connectivity index (χ0v) is 24.6. The van der Waals surface area contributed by atoms with Crippen molar-refractivity contribution < 1.29 is 33.6 Å². The third-order valence-electron chi connectivity index (χ3n) is 7.13. The molecule has 3 aromatic carbocycles. The van der Waals surface area contributed by atoms with Crippen LogP contribution in [0.3, 0.4) is 0 Å². The number of methoxy groups -OCH3 is 3. The molecule has 1 fully saturated rings. The molecule has 0 spiro atoms. The first-order valence-electron chi connectivity index (χ1n) is 13.2. The number of ketones is 1. The standard InChI is InChI=1S/C33H31NO7S/c1-20-15-22(12-13-25(20)41-19-21-9-6-5-7-10-21)30(35)28-29(23-16-26(38-2)32(40-4)27(17-23)39-3)34(33(37)31(28)36)18-24-11-8-14-42-24/h5-17,29,35H,18-19H2,1-4H3/b30-28+. The summed E-state index contributed by atoms with van der Waals surface area (Å²) in [5.74, 6) is -0.00403. The minimum atomic E-state index is -0.907. The Labute approximate surface area is 248 Å². The summed E-state index contributed by atoms with van der Waals surface area (Å²) in [6.45, 7) is 2.44. The predicted molar refractivity (Wildman–Crippen MR) is 160 cm³/mol. The number of Topliss-reactive ketones (excluding diaryl/α,β-unsaturated/α-hetero) is 1. The number of hydrogen-bond donors (Lipinski definition) is 1. The summed E-state index contributed by atoms with van der Waals surface area (Å²) in [6, 6.07) is 21.2. The van der Waals surface area contributed by atoms with E-state index in [4.69, 9.17) is 18.9 Å². The molecule has 1 aromatic heterocycles. The Bertz CT molecular complexity index is 1600. The highest BCUT2D eigenvalue weighted by atomic mass is 32.1. The summed E-state index contributed by atoms with van der Waals surface area (Å²) < 4.78 is 22.6. The molecule has 4 aromatic rings. The molecule has 2 heterocycles. The molecule has 1 unspecified atom stereocenters. The molecule has 1 saturated heterocycles. The van der Waals surface area contributed by atoms with Crippen molar-refractivity contribution in [2.24, 2.45) is 0 Å². The van der Waals surface area contributed by atoms with Crippen LogP contribution in [0, 0.1) is 6.92 Å². The molecule has 1 atom stereocenters. The number of rotatable bonds is 10. The normalized spacial score (nSPS) is 16.0. The largest absolute Gasteiger partial charge is 0.507 e. The SMILES string of the molecule is COc1cc(C2/C(=C(\O)c3ccc(OCc4ccccc4)c(C)c3)C(=O)C(=O)N2Cc2cccs2)cc(OC)c1OC. The second-order valence-corrected chi connectivity index (χ2v) is 10.8. The second-order valence-electron chi connectivity index (χ2n) is 9.72. The molecule has 9 heteroatoms. The number of carbonyl (C=O) groups excluding carboxylic acids is 2. The molecule has 42 heavy (non-hydrogen) atoms. The van der Waals surface area contributed by atoms with Gasteiger partial charge in [0.15, 0.2) is 11.5 Å². The van der Waals surface area contributed by atoms with Gasteiger partial charge in [-0.1, -0.05) is 36.4 Å². The zero-order chi connectivity index (χ0) is 29.8. The number of benzene rings is 3. The van der Waals surface area contributed by atoms with Gasteiger partial charge >= 0.3 is 0 Å². The van der Waals surface area contributed by atoms with Gasteiger partial charge in [0.1, 0.15) is 18.1 Å². The Morgan fingerprint density at radius 3 is 2.19 bits per heavy atom. The van der Waals surface area contributed by atoms with Crippen LogP contribution < -0.4 is 18.9 Å². The minimum absolute atomic E-state index is 0.0248. The van der Waals surface area contributed by atoms with Gasteiger partial charge in [-0.2, -0.15) is 0 Å². The summed E-state index contributed by atoms with van der Waals surface area (Å²) in [6.07, 6.45) is 0. The van der Waals surface area contributed by atoms with Crippen LogP contribution in [0.1, 0.15) is 33.2 Å². The van der Waals surface area contributed by atoms with E-state index in [1.807, 2.05) is 54.8 Å². The average Bonchev–Trinajstić information content (AvgIpc) is 3.62. The molecule has 1 N–H and O–H groups in total. The van der Waals surface area contributed by atoms with Gasteiger partial charge in [0, 0.05) is 10.4 Å². The lowest BCUT2D eigenvalue weighted by Crippen LogP contribution is -2.29. The van der Waals surface area contributed by atoms with E-state index < -0.39 is 17.7 Å². The first-order chi connectivity index (χ1) is 20.4. The maximum Gasteiger partial charge on any atom is 0.295 e. The van der Waals surface area contributed by atoms with Crippen LogP contribution in [0.2, 0.25) is 0 Å². The zero-order valence-electron chi connectivity index (χ0n) is 23.7. The van der Waals surface area contributed by atoms with E-state index in [0.717, 1.165) is 16.0 Å². The summed E-state index contributed by atoms with van der Waals surface area (Å²) in [7, 11) is 4.49. The molecular formula is C33H31NO7S. The van der Waals surface area contributed by atoms with Crippen molar-refractivity contribution in [1.29, 1.82) is 0 Å². The van der Waals surface area contributed by atoms with Gasteiger partial charge in [-0.15, -0.1) is 11.3 Å². The lowest BCUT2D eigenvalue weighted by molar-refractivity contribution is -0.140. The molecular weight excluding hydrogens is 554 g/mol. The van der Waals surface area contributed by atoms with Gasteiger partial charge in [0.25, 0.3) is 11.7 Å². The topological polar surface area (TPSA) is 94.5 Å². The average molecular weight is 586 g/mol. The lowest BCUT2D eigenvalue weighted by atomic mass is 9.94. The van der Waals surface area contributed by atoms with Crippen molar-refractivity contribution >= 4 is 28.8 Å². The molecule has 216 valence electrons. The molecule has 0 aliphatic carbocycles. The number of hydrogen-bond acceptors (Lipinski definition) is 8. The Balaban J connectivity index is 1.59. The van der Waals surface area contributed by atoms with Gasteiger partial charge in [0.2, 0.25) is 5.75 Å². The first-order valence-corrected chi connectivity index (χ1v) is 14.1. The van der Waals surface area contributed by atoms with Gasteiger partial charge in [0.05, 0.1) is 39.5 Å². The fourth-order valence-corrected chi connectivity index (χ4v) is 5.77. The van der Waals surface area contributed by atoms with Crippen molar-refractivity contribution in [1.82, 2.24) is 4.90 Å². The molecule has 0 saturated carbocycles. The van der Waals surface area contributed by atoms with Crippen LogP contribution in [-0.2, 0) is 22.7 Å². The molecule has 1 amide bonds. The van der Waals surface area contributed by atoms with Gasteiger partial charge in [-0.3, -0.25) is 9.59 Å². The number of aryl methyl sites for hydroxylation is 1. The second kappa shape index (κ2) is 12.4. The minimum Gasteiger partial charge on any atom is -0.507 e. The molecule has 1 aliphatic heterocycles. The van der Waals surface area contributed by atoms with E-state index in [1.54, 1.807) is 30.3 Å². The number of thiophene rings is 1. The third-order valence-corrected chi connectivity index (χ3v) is 8.00. The lowest BCUT2D eigenvalue weighted by Gasteiger charge is -2.26. The van der Waals surface area contributed by atoms with E-state index >= 15 is 0 Å². The van der Waals surface area contributed by atoms with Crippen molar-refractivity contribution in [2.45, 2.75) is 26.1 Å². The highest BCUT2D eigenvalue weighted by Crippen LogP contribution is 2.46. The van der Waals surface area contributed by atoms with E-state index in [0.29, 0.717) is 40.7 Å². The van der Waals surface area contributed by atoms with Crippen LogP contribution in [0.25, 0.3) is 5.76 Å². The molecule has 0 radical (unpaired) electrons. The van der Waals surface area contributed by atoms with Crippen LogP contribution in [0.15, 0.2) is 83.7 Å². The predicted octanol–water partition coefficient (Wildman–Crippen LogP) is 6.28. The summed E-state index contributed by atoms with van der Waals surface area (Å²) in [5.41, 5.74) is 2.70. The summed E-state index contributed by atoms with van der Waals surface area (Å²) >= 11 is 1.48. The number of likely N-dealkylation sites (tertiary alicyclic amines) is 1. The van der Waals surface area contributed by atoms with Crippen molar-refractivity contribution in [2.75, 3.05) is 21.3 Å². The maximum atomic E-state index is 13.6. The molecule has 5 rings (SSSR count). The Morgan fingerprint density at radius 2 is 1.60 bits per heavy atom. The van der Waals surface area contributed by atoms with Gasteiger partial charge in [-0.05, 0) is 65.4 Å². The highest BCUT2D eigenvalue weighted by molar-refractivity contribution is 7.09. The summed E-state index contributed by atoms with van der Waals surface area (Å²) in [4.78, 5) is 29.4. The molecule has 8 nitrogen and oxygen atoms in total. The van der Waals surface area contributed by atoms with Crippen molar-refractivity contribution in [3.8, 4) is 23.0 Å².